The van der Waals surface area contributed by atoms with Gasteiger partial charge in [-0.1, -0.05) is 0 Å². The van der Waals surface area contributed by atoms with Crippen LogP contribution in [0.15, 0.2) is 42.6 Å². The van der Waals surface area contributed by atoms with Gasteiger partial charge in [0.2, 0.25) is 0 Å². The second-order valence-electron chi connectivity index (χ2n) is 7.50. The monoisotopic (exact) mass is 338 g/mol. The molecule has 0 atom stereocenters. The Morgan fingerprint density at radius 3 is 2.36 bits per heavy atom. The number of hydrogen-bond donors (Lipinski definition) is 2. The van der Waals surface area contributed by atoms with E-state index in [1.54, 1.807) is 12.3 Å². The number of carbonyl (C=O) groups excluding carboxylic acids is 1. The summed E-state index contributed by atoms with van der Waals surface area (Å²) in [6, 6.07) is 11.7. The summed E-state index contributed by atoms with van der Waals surface area (Å²) in [6.07, 6.45) is 4.16. The van der Waals surface area contributed by atoms with Crippen molar-refractivity contribution in [3.63, 3.8) is 0 Å². The number of aromatic nitrogens is 1. The van der Waals surface area contributed by atoms with Gasteiger partial charge < -0.3 is 15.5 Å². The molecule has 0 unspecified atom stereocenters. The van der Waals surface area contributed by atoms with E-state index in [0.717, 1.165) is 24.5 Å². The number of pyridine rings is 1. The van der Waals surface area contributed by atoms with Crippen LogP contribution < -0.4 is 15.5 Å². The van der Waals surface area contributed by atoms with Gasteiger partial charge in [-0.25, -0.2) is 0 Å². The second-order valence-corrected chi connectivity index (χ2v) is 7.50. The van der Waals surface area contributed by atoms with Gasteiger partial charge in [0.15, 0.2) is 0 Å². The van der Waals surface area contributed by atoms with Crippen LogP contribution in [0.25, 0.3) is 0 Å². The Morgan fingerprint density at radius 2 is 1.72 bits per heavy atom. The fourth-order valence-corrected chi connectivity index (χ4v) is 2.99. The Balaban J connectivity index is 1.66. The van der Waals surface area contributed by atoms with Crippen LogP contribution >= 0.6 is 0 Å². The molecular formula is C20H26N4O. The predicted octanol–water partition coefficient (Wildman–Crippen LogP) is 4.14. The van der Waals surface area contributed by atoms with Crippen molar-refractivity contribution in [3.05, 3.63) is 48.3 Å². The Morgan fingerprint density at radius 1 is 1.04 bits per heavy atom. The predicted molar refractivity (Wildman–Crippen MR) is 103 cm³/mol. The molecule has 1 amide bonds. The molecule has 132 valence electrons. The van der Waals surface area contributed by atoms with Crippen molar-refractivity contribution in [2.45, 2.75) is 39.2 Å². The zero-order valence-electron chi connectivity index (χ0n) is 15.2. The van der Waals surface area contributed by atoms with Crippen molar-refractivity contribution in [2.75, 3.05) is 28.6 Å². The standard InChI is InChI=1S/C20H26N4O/c1-20(2,3)23-16-10-11-21-18(14-16)19(25)22-15-6-8-17(9-7-15)24-12-4-5-13-24/h6-11,14H,4-5,12-13H2,1-3H3,(H,21,23)(H,22,25). The highest BCUT2D eigenvalue weighted by molar-refractivity contribution is 6.03. The molecule has 0 spiro atoms. The number of nitrogens with zero attached hydrogens (tertiary/aromatic N) is 2. The summed E-state index contributed by atoms with van der Waals surface area (Å²) in [7, 11) is 0. The normalized spacial score (nSPS) is 14.4. The van der Waals surface area contributed by atoms with E-state index in [4.69, 9.17) is 0 Å². The minimum absolute atomic E-state index is 0.0689. The van der Waals surface area contributed by atoms with Gasteiger partial charge in [-0.05, 0) is 70.0 Å². The van der Waals surface area contributed by atoms with E-state index in [-0.39, 0.29) is 11.4 Å². The number of carbonyl (C=O) groups is 1. The highest BCUT2D eigenvalue weighted by atomic mass is 16.1. The Kier molecular flexibility index (Phi) is 4.93. The fraction of sp³-hybridized carbons (Fsp3) is 0.400. The van der Waals surface area contributed by atoms with E-state index in [1.165, 1.54) is 18.5 Å². The summed E-state index contributed by atoms with van der Waals surface area (Å²) in [6.45, 7) is 8.46. The summed E-state index contributed by atoms with van der Waals surface area (Å²) in [5.74, 6) is -0.202. The van der Waals surface area contributed by atoms with E-state index in [1.807, 2.05) is 18.2 Å². The Hall–Kier alpha value is -2.56. The molecule has 1 fully saturated rings. The van der Waals surface area contributed by atoms with Crippen LogP contribution in [0.1, 0.15) is 44.1 Å². The molecule has 3 rings (SSSR count). The lowest BCUT2D eigenvalue weighted by atomic mass is 10.1. The summed E-state index contributed by atoms with van der Waals surface area (Å²) < 4.78 is 0. The molecule has 0 aliphatic carbocycles. The summed E-state index contributed by atoms with van der Waals surface area (Å²) in [5, 5.41) is 6.27. The largest absolute Gasteiger partial charge is 0.380 e. The maximum absolute atomic E-state index is 12.5. The van der Waals surface area contributed by atoms with Crippen LogP contribution in [0, 0.1) is 0 Å². The third-order valence-corrected chi connectivity index (χ3v) is 4.11. The highest BCUT2D eigenvalue weighted by Gasteiger charge is 2.14. The second kappa shape index (κ2) is 7.13. The van der Waals surface area contributed by atoms with Crippen LogP contribution in [0.2, 0.25) is 0 Å². The number of hydrogen-bond acceptors (Lipinski definition) is 4. The van der Waals surface area contributed by atoms with Crippen molar-refractivity contribution in [1.82, 2.24) is 4.98 Å². The molecular weight excluding hydrogens is 312 g/mol. The first-order valence-electron chi connectivity index (χ1n) is 8.81. The first-order valence-corrected chi connectivity index (χ1v) is 8.81. The third kappa shape index (κ3) is 4.72. The lowest BCUT2D eigenvalue weighted by Crippen LogP contribution is -2.26. The number of nitrogens with one attached hydrogen (secondary N) is 2. The summed E-state index contributed by atoms with van der Waals surface area (Å²) in [4.78, 5) is 19.0. The molecule has 1 aliphatic heterocycles. The maximum Gasteiger partial charge on any atom is 0.274 e. The van der Waals surface area contributed by atoms with Gasteiger partial charge in [-0.3, -0.25) is 9.78 Å². The van der Waals surface area contributed by atoms with Crippen LogP contribution in [0.4, 0.5) is 17.1 Å². The molecule has 1 aromatic heterocycles. The first kappa shape index (κ1) is 17.3. The zero-order chi connectivity index (χ0) is 17.9. The minimum Gasteiger partial charge on any atom is -0.380 e. The zero-order valence-corrected chi connectivity index (χ0v) is 15.2. The Labute approximate surface area is 149 Å². The SMILES string of the molecule is CC(C)(C)Nc1ccnc(C(=O)Nc2ccc(N3CCCC3)cc2)c1. The number of amides is 1. The molecule has 2 heterocycles. The molecule has 25 heavy (non-hydrogen) atoms. The van der Waals surface area contributed by atoms with E-state index in [0.29, 0.717) is 5.69 Å². The smallest absolute Gasteiger partial charge is 0.274 e. The van der Waals surface area contributed by atoms with Crippen LogP contribution in [0.5, 0.6) is 0 Å². The van der Waals surface area contributed by atoms with Gasteiger partial charge in [0, 0.05) is 41.9 Å². The lowest BCUT2D eigenvalue weighted by molar-refractivity contribution is 0.102. The lowest BCUT2D eigenvalue weighted by Gasteiger charge is -2.22. The van der Waals surface area contributed by atoms with Crippen LogP contribution in [-0.2, 0) is 0 Å². The van der Waals surface area contributed by atoms with Crippen LogP contribution in [0.3, 0.4) is 0 Å². The van der Waals surface area contributed by atoms with Gasteiger partial charge in [-0.15, -0.1) is 0 Å². The molecule has 5 nitrogen and oxygen atoms in total. The van der Waals surface area contributed by atoms with Crippen molar-refractivity contribution in [1.29, 1.82) is 0 Å². The summed E-state index contributed by atoms with van der Waals surface area (Å²) >= 11 is 0. The quantitative estimate of drug-likeness (QED) is 0.879. The topological polar surface area (TPSA) is 57.3 Å². The van der Waals surface area contributed by atoms with Crippen molar-refractivity contribution < 1.29 is 4.79 Å². The van der Waals surface area contributed by atoms with Gasteiger partial charge in [0.1, 0.15) is 5.69 Å². The maximum atomic E-state index is 12.5. The van der Waals surface area contributed by atoms with Crippen molar-refractivity contribution >= 4 is 23.0 Å². The van der Waals surface area contributed by atoms with E-state index in [9.17, 15) is 4.79 Å². The van der Waals surface area contributed by atoms with E-state index >= 15 is 0 Å². The number of rotatable bonds is 4. The molecule has 0 saturated carbocycles. The number of anilines is 3. The summed E-state index contributed by atoms with van der Waals surface area (Å²) in [5.41, 5.74) is 3.21. The third-order valence-electron chi connectivity index (χ3n) is 4.11. The molecule has 2 aromatic rings. The van der Waals surface area contributed by atoms with Crippen molar-refractivity contribution in [2.24, 2.45) is 0 Å². The molecule has 1 aliphatic rings. The number of benzene rings is 1. The van der Waals surface area contributed by atoms with Crippen LogP contribution in [-0.4, -0.2) is 29.5 Å². The van der Waals surface area contributed by atoms with Gasteiger partial charge in [0.25, 0.3) is 5.91 Å². The average molecular weight is 338 g/mol. The minimum atomic E-state index is -0.202. The average Bonchev–Trinajstić information content (AvgIpc) is 3.08. The van der Waals surface area contributed by atoms with Gasteiger partial charge in [0.05, 0.1) is 0 Å². The highest BCUT2D eigenvalue weighted by Crippen LogP contribution is 2.22. The van der Waals surface area contributed by atoms with E-state index in [2.05, 4.69) is 53.4 Å². The molecule has 0 radical (unpaired) electrons. The first-order chi connectivity index (χ1) is 11.9. The molecule has 5 heteroatoms. The van der Waals surface area contributed by atoms with Crippen molar-refractivity contribution in [3.8, 4) is 0 Å². The molecule has 0 bridgehead atoms. The van der Waals surface area contributed by atoms with Gasteiger partial charge >= 0.3 is 0 Å². The van der Waals surface area contributed by atoms with Gasteiger partial charge in [-0.2, -0.15) is 0 Å². The Bertz CT molecular complexity index is 728. The molecule has 1 aromatic carbocycles. The fourth-order valence-electron chi connectivity index (χ4n) is 2.99. The molecule has 2 N–H and O–H groups in total. The van der Waals surface area contributed by atoms with E-state index < -0.39 is 0 Å². The molecule has 1 saturated heterocycles.